The molecule has 4 heterocycles. The fourth-order valence-electron chi connectivity index (χ4n) is 7.39. The van der Waals surface area contributed by atoms with Crippen molar-refractivity contribution in [2.24, 2.45) is 0 Å². The summed E-state index contributed by atoms with van der Waals surface area (Å²) in [6.45, 7) is 1.09. The second-order valence-electron chi connectivity index (χ2n) is 12.7. The van der Waals surface area contributed by atoms with Gasteiger partial charge in [-0.1, -0.05) is 41.9 Å². The number of nitrogens with zero attached hydrogens (tertiary/aromatic N) is 5. The van der Waals surface area contributed by atoms with Crippen LogP contribution in [0.3, 0.4) is 0 Å². The highest BCUT2D eigenvalue weighted by Crippen LogP contribution is 2.66. The molecule has 0 amide bonds. The van der Waals surface area contributed by atoms with E-state index in [1.54, 1.807) is 6.26 Å². The van der Waals surface area contributed by atoms with Gasteiger partial charge in [-0.15, -0.1) is 0 Å². The normalized spacial score (nSPS) is 20.3. The van der Waals surface area contributed by atoms with Crippen LogP contribution in [0.5, 0.6) is 5.88 Å². The van der Waals surface area contributed by atoms with Gasteiger partial charge in [0.1, 0.15) is 6.61 Å². The molecular weight excluding hydrogens is 606 g/mol. The standard InChI is InChI=1S/C35H32ClN5O3S/c1-45(42)34-39-32-29(33(40-34)44-19-20-7-3-2-4-8-20)22-12-15-37-31(30(22)35(32)13-14-35)28-23-18-38-41(26-9-5-6-16-43-26)25(23)17-24(36)27(28)21-10-11-21/h2-4,7-8,12,15,17-18,21,26H,5-6,9-11,13-14,16,19H2,1H3. The van der Waals surface area contributed by atoms with E-state index in [2.05, 4.69) is 12.1 Å². The topological polar surface area (TPSA) is 92.0 Å². The van der Waals surface area contributed by atoms with Gasteiger partial charge >= 0.3 is 0 Å². The average Bonchev–Trinajstić information content (AvgIpc) is 3.99. The number of hydrogen-bond acceptors (Lipinski definition) is 7. The van der Waals surface area contributed by atoms with E-state index in [-0.39, 0.29) is 11.6 Å². The second-order valence-corrected chi connectivity index (χ2v) is 14.4. The summed E-state index contributed by atoms with van der Waals surface area (Å²) >= 11 is 7.18. The molecule has 0 radical (unpaired) electrons. The lowest BCUT2D eigenvalue weighted by molar-refractivity contribution is -0.0366. The van der Waals surface area contributed by atoms with Crippen molar-refractivity contribution in [3.8, 4) is 28.3 Å². The summed E-state index contributed by atoms with van der Waals surface area (Å²) in [4.78, 5) is 14.8. The molecular formula is C35H32ClN5O3S. The Kier molecular flexibility index (Phi) is 6.41. The molecule has 3 aliphatic carbocycles. The highest BCUT2D eigenvalue weighted by molar-refractivity contribution is 7.84. The zero-order valence-corrected chi connectivity index (χ0v) is 26.5. The number of benzene rings is 2. The Morgan fingerprint density at radius 3 is 2.67 bits per heavy atom. The van der Waals surface area contributed by atoms with E-state index in [0.29, 0.717) is 23.6 Å². The molecule has 3 fully saturated rings. The Hall–Kier alpha value is -3.66. The third-order valence-corrected chi connectivity index (χ3v) is 10.8. The van der Waals surface area contributed by atoms with E-state index in [1.165, 1.54) is 0 Å². The first-order valence-corrected chi connectivity index (χ1v) is 17.7. The highest BCUT2D eigenvalue weighted by atomic mass is 35.5. The van der Waals surface area contributed by atoms with Crippen molar-refractivity contribution in [2.45, 2.75) is 74.3 Å². The molecule has 1 aliphatic heterocycles. The molecule has 10 heteroatoms. The molecule has 3 aromatic heterocycles. The van der Waals surface area contributed by atoms with Gasteiger partial charge in [-0.25, -0.2) is 9.67 Å². The maximum Gasteiger partial charge on any atom is 0.226 e. The molecule has 4 aliphatic rings. The van der Waals surface area contributed by atoms with Crippen LogP contribution < -0.4 is 4.74 Å². The zero-order valence-electron chi connectivity index (χ0n) is 25.0. The van der Waals surface area contributed by atoms with Crippen LogP contribution in [0.1, 0.15) is 79.5 Å². The quantitative estimate of drug-likeness (QED) is 0.171. The first kappa shape index (κ1) is 27.6. The lowest BCUT2D eigenvalue weighted by Crippen LogP contribution is -2.19. The third-order valence-electron chi connectivity index (χ3n) is 9.78. The third kappa shape index (κ3) is 4.38. The van der Waals surface area contributed by atoms with Crippen LogP contribution in [0.25, 0.3) is 33.3 Å². The molecule has 1 saturated heterocycles. The smallest absolute Gasteiger partial charge is 0.226 e. The van der Waals surface area contributed by atoms with E-state index in [1.807, 2.05) is 47.4 Å². The second kappa shape index (κ2) is 10.4. The number of aromatic nitrogens is 5. The molecule has 2 atom stereocenters. The van der Waals surface area contributed by atoms with Crippen molar-refractivity contribution in [2.75, 3.05) is 12.9 Å². The Labute approximate surface area is 268 Å². The summed E-state index contributed by atoms with van der Waals surface area (Å²) in [6, 6.07) is 14.2. The summed E-state index contributed by atoms with van der Waals surface area (Å²) in [6.07, 6.45) is 12.5. The molecule has 9 rings (SSSR count). The number of ether oxygens (including phenoxy) is 2. The van der Waals surface area contributed by atoms with Gasteiger partial charge in [-0.3, -0.25) is 9.19 Å². The minimum atomic E-state index is -1.37. The molecule has 228 valence electrons. The van der Waals surface area contributed by atoms with Crippen molar-refractivity contribution in [1.82, 2.24) is 24.7 Å². The number of halogens is 1. The first-order valence-electron chi connectivity index (χ1n) is 15.8. The van der Waals surface area contributed by atoms with Gasteiger partial charge in [0.05, 0.1) is 39.5 Å². The number of fused-ring (bicyclic) bond motifs is 6. The van der Waals surface area contributed by atoms with E-state index in [9.17, 15) is 4.21 Å². The SMILES string of the molecule is CS(=O)c1nc(OCc2ccccc2)c2c(n1)C1(CC1)c1c-2ccnc1-c1c(C2CC2)c(Cl)cc2c1cnn2C1CCCCO1. The monoisotopic (exact) mass is 637 g/mol. The zero-order chi connectivity index (χ0) is 30.3. The minimum absolute atomic E-state index is 0.103. The first-order chi connectivity index (χ1) is 22.0. The van der Waals surface area contributed by atoms with Gasteiger partial charge in [-0.2, -0.15) is 10.1 Å². The number of hydrogen-bond donors (Lipinski definition) is 0. The maximum absolute atomic E-state index is 12.8. The summed E-state index contributed by atoms with van der Waals surface area (Å²) in [7, 11) is -1.37. The fraction of sp³-hybridized carbons (Fsp3) is 0.371. The van der Waals surface area contributed by atoms with E-state index in [4.69, 9.17) is 41.1 Å². The summed E-state index contributed by atoms with van der Waals surface area (Å²) < 4.78 is 27.4. The molecule has 2 saturated carbocycles. The van der Waals surface area contributed by atoms with Crippen LogP contribution in [0.15, 0.2) is 60.0 Å². The van der Waals surface area contributed by atoms with Gasteiger partial charge in [0.2, 0.25) is 11.0 Å². The number of pyridine rings is 1. The van der Waals surface area contributed by atoms with Crippen LogP contribution in [-0.2, 0) is 27.6 Å². The molecule has 5 aromatic rings. The van der Waals surface area contributed by atoms with Crippen LogP contribution in [0.2, 0.25) is 5.02 Å². The molecule has 0 N–H and O–H groups in total. The van der Waals surface area contributed by atoms with Gasteiger partial charge in [0.25, 0.3) is 0 Å². The van der Waals surface area contributed by atoms with Crippen LogP contribution >= 0.6 is 11.6 Å². The molecule has 2 unspecified atom stereocenters. The predicted molar refractivity (Wildman–Crippen MR) is 173 cm³/mol. The summed E-state index contributed by atoms with van der Waals surface area (Å²) in [5.41, 5.74) is 8.77. The van der Waals surface area contributed by atoms with Gasteiger partial charge in [-0.05, 0) is 85.3 Å². The Morgan fingerprint density at radius 2 is 1.93 bits per heavy atom. The van der Waals surface area contributed by atoms with Crippen LogP contribution in [0.4, 0.5) is 0 Å². The summed E-state index contributed by atoms with van der Waals surface area (Å²) in [5, 5.41) is 6.98. The summed E-state index contributed by atoms with van der Waals surface area (Å²) in [5.74, 6) is 0.860. The Bertz CT molecular complexity index is 2020. The van der Waals surface area contributed by atoms with Crippen molar-refractivity contribution in [3.63, 3.8) is 0 Å². The van der Waals surface area contributed by atoms with Crippen molar-refractivity contribution >= 4 is 33.3 Å². The molecule has 0 bridgehead atoms. The van der Waals surface area contributed by atoms with Gasteiger partial charge in [0.15, 0.2) is 6.23 Å². The van der Waals surface area contributed by atoms with E-state index in [0.717, 1.165) is 112 Å². The molecule has 1 spiro atoms. The van der Waals surface area contributed by atoms with Gasteiger partial charge in [0, 0.05) is 40.4 Å². The Balaban J connectivity index is 1.26. The van der Waals surface area contributed by atoms with Crippen molar-refractivity contribution in [1.29, 1.82) is 0 Å². The predicted octanol–water partition coefficient (Wildman–Crippen LogP) is 7.49. The lowest BCUT2D eigenvalue weighted by atomic mass is 9.88. The van der Waals surface area contributed by atoms with E-state index >= 15 is 0 Å². The van der Waals surface area contributed by atoms with Crippen LogP contribution in [-0.4, -0.2) is 41.8 Å². The number of rotatable bonds is 7. The van der Waals surface area contributed by atoms with Crippen molar-refractivity contribution < 1.29 is 13.7 Å². The lowest BCUT2D eigenvalue weighted by Gasteiger charge is -2.24. The highest BCUT2D eigenvalue weighted by Gasteiger charge is 2.57. The van der Waals surface area contributed by atoms with Crippen molar-refractivity contribution in [3.05, 3.63) is 82.3 Å². The van der Waals surface area contributed by atoms with Gasteiger partial charge < -0.3 is 9.47 Å². The maximum atomic E-state index is 12.8. The average molecular weight is 638 g/mol. The minimum Gasteiger partial charge on any atom is -0.472 e. The molecule has 2 aromatic carbocycles. The van der Waals surface area contributed by atoms with E-state index < -0.39 is 10.8 Å². The fourth-order valence-corrected chi connectivity index (χ4v) is 8.17. The molecule has 45 heavy (non-hydrogen) atoms. The Morgan fingerprint density at radius 1 is 1.09 bits per heavy atom. The largest absolute Gasteiger partial charge is 0.472 e. The van der Waals surface area contributed by atoms with Crippen LogP contribution in [0, 0.1) is 0 Å². The molecule has 8 nitrogen and oxygen atoms in total.